The van der Waals surface area contributed by atoms with Crippen molar-refractivity contribution in [3.63, 3.8) is 0 Å². The van der Waals surface area contributed by atoms with Gasteiger partial charge in [-0.3, -0.25) is 0 Å². The molecule has 0 fully saturated rings. The fraction of sp³-hybridized carbons (Fsp3) is 0.316. The van der Waals surface area contributed by atoms with Gasteiger partial charge in [0.2, 0.25) is 0 Å². The van der Waals surface area contributed by atoms with E-state index in [1.807, 2.05) is 26.0 Å². The van der Waals surface area contributed by atoms with Crippen molar-refractivity contribution in [1.29, 1.82) is 0 Å². The summed E-state index contributed by atoms with van der Waals surface area (Å²) in [5.41, 5.74) is 3.17. The SMILES string of the molecule is COC(=O)c1cc(Cl)cc(Cl)c1NCCCOc1cc(C)cc(C)c1. The molecule has 0 spiro atoms. The maximum Gasteiger partial charge on any atom is 0.340 e. The summed E-state index contributed by atoms with van der Waals surface area (Å²) in [5, 5.41) is 3.92. The fourth-order valence-electron chi connectivity index (χ4n) is 2.52. The fourth-order valence-corrected chi connectivity index (χ4v) is 3.08. The first-order valence-corrected chi connectivity index (χ1v) is 8.68. The number of ether oxygens (including phenoxy) is 2. The summed E-state index contributed by atoms with van der Waals surface area (Å²) in [5.74, 6) is 0.371. The van der Waals surface area contributed by atoms with E-state index in [4.69, 9.17) is 32.7 Å². The lowest BCUT2D eigenvalue weighted by molar-refractivity contribution is 0.0602. The Kier molecular flexibility index (Phi) is 6.97. The molecule has 2 rings (SSSR count). The maximum atomic E-state index is 11.9. The third-order valence-corrected chi connectivity index (χ3v) is 4.06. The molecule has 134 valence electrons. The highest BCUT2D eigenvalue weighted by Crippen LogP contribution is 2.30. The second kappa shape index (κ2) is 8.97. The van der Waals surface area contributed by atoms with Gasteiger partial charge in [0, 0.05) is 11.6 Å². The summed E-state index contributed by atoms with van der Waals surface area (Å²) in [6.45, 7) is 5.22. The number of hydrogen-bond donors (Lipinski definition) is 1. The lowest BCUT2D eigenvalue weighted by Gasteiger charge is -2.14. The Labute approximate surface area is 158 Å². The topological polar surface area (TPSA) is 47.6 Å². The zero-order chi connectivity index (χ0) is 18.4. The first-order chi connectivity index (χ1) is 11.9. The summed E-state index contributed by atoms with van der Waals surface area (Å²) in [6, 6.07) is 9.24. The quantitative estimate of drug-likeness (QED) is 0.523. The molecule has 1 N–H and O–H groups in total. The van der Waals surface area contributed by atoms with Crippen LogP contribution in [0.25, 0.3) is 0 Å². The minimum atomic E-state index is -0.488. The summed E-state index contributed by atoms with van der Waals surface area (Å²) in [7, 11) is 1.32. The van der Waals surface area contributed by atoms with E-state index in [2.05, 4.69) is 11.4 Å². The van der Waals surface area contributed by atoms with Crippen LogP contribution in [0.2, 0.25) is 10.0 Å². The van der Waals surface area contributed by atoms with Gasteiger partial charge in [-0.2, -0.15) is 0 Å². The first-order valence-electron chi connectivity index (χ1n) is 7.93. The van der Waals surface area contributed by atoms with Crippen LogP contribution in [0.5, 0.6) is 5.75 Å². The molecule has 0 unspecified atom stereocenters. The van der Waals surface area contributed by atoms with Crippen molar-refractivity contribution in [2.45, 2.75) is 20.3 Å². The maximum absolute atomic E-state index is 11.9. The number of aryl methyl sites for hydroxylation is 2. The minimum absolute atomic E-state index is 0.315. The number of nitrogens with one attached hydrogen (secondary N) is 1. The number of esters is 1. The predicted octanol–water partition coefficient (Wildman–Crippen LogP) is 5.28. The molecular weight excluding hydrogens is 361 g/mol. The van der Waals surface area contributed by atoms with E-state index in [0.29, 0.717) is 34.4 Å². The third kappa shape index (κ3) is 5.55. The Morgan fingerprint density at radius 1 is 1.08 bits per heavy atom. The van der Waals surface area contributed by atoms with Gasteiger partial charge in [0.1, 0.15) is 5.75 Å². The van der Waals surface area contributed by atoms with Crippen LogP contribution in [0.4, 0.5) is 5.69 Å². The van der Waals surface area contributed by atoms with Gasteiger partial charge in [-0.25, -0.2) is 4.79 Å². The van der Waals surface area contributed by atoms with Crippen LogP contribution in [0, 0.1) is 13.8 Å². The molecule has 0 atom stereocenters. The standard InChI is InChI=1S/C19H21Cl2NO3/c1-12-7-13(2)9-15(8-12)25-6-4-5-22-18-16(19(23)24-3)10-14(20)11-17(18)21/h7-11,22H,4-6H2,1-3H3. The number of benzene rings is 2. The van der Waals surface area contributed by atoms with Gasteiger partial charge in [0.05, 0.1) is 30.0 Å². The van der Waals surface area contributed by atoms with E-state index in [1.54, 1.807) is 6.07 Å². The molecule has 0 radical (unpaired) electrons. The van der Waals surface area contributed by atoms with E-state index in [-0.39, 0.29) is 0 Å². The van der Waals surface area contributed by atoms with Crippen molar-refractivity contribution in [1.82, 2.24) is 0 Å². The molecule has 0 heterocycles. The molecule has 0 aliphatic heterocycles. The van der Waals surface area contributed by atoms with Crippen molar-refractivity contribution >= 4 is 34.9 Å². The monoisotopic (exact) mass is 381 g/mol. The highest BCUT2D eigenvalue weighted by atomic mass is 35.5. The van der Waals surface area contributed by atoms with Crippen LogP contribution in [-0.2, 0) is 4.74 Å². The van der Waals surface area contributed by atoms with Gasteiger partial charge >= 0.3 is 5.97 Å². The van der Waals surface area contributed by atoms with E-state index in [9.17, 15) is 4.79 Å². The summed E-state index contributed by atoms with van der Waals surface area (Å²) in [6.07, 6.45) is 0.743. The van der Waals surface area contributed by atoms with Gasteiger partial charge < -0.3 is 14.8 Å². The third-order valence-electron chi connectivity index (χ3n) is 3.55. The molecule has 0 saturated heterocycles. The Bertz CT molecular complexity index is 742. The summed E-state index contributed by atoms with van der Waals surface area (Å²) in [4.78, 5) is 11.9. The Hall–Kier alpha value is -1.91. The van der Waals surface area contributed by atoms with Crippen LogP contribution < -0.4 is 10.1 Å². The largest absolute Gasteiger partial charge is 0.494 e. The highest BCUT2D eigenvalue weighted by Gasteiger charge is 2.16. The summed E-state index contributed by atoms with van der Waals surface area (Å²) >= 11 is 12.2. The van der Waals surface area contributed by atoms with Gasteiger partial charge in [0.25, 0.3) is 0 Å². The van der Waals surface area contributed by atoms with Crippen molar-refractivity contribution < 1.29 is 14.3 Å². The van der Waals surface area contributed by atoms with E-state index >= 15 is 0 Å². The second-order valence-corrected chi connectivity index (χ2v) is 6.60. The Morgan fingerprint density at radius 3 is 2.40 bits per heavy atom. The van der Waals surface area contributed by atoms with Crippen LogP contribution >= 0.6 is 23.2 Å². The molecule has 6 heteroatoms. The number of carbonyl (C=O) groups is 1. The van der Waals surface area contributed by atoms with E-state index < -0.39 is 5.97 Å². The zero-order valence-electron chi connectivity index (χ0n) is 14.5. The molecule has 0 aliphatic rings. The van der Waals surface area contributed by atoms with Gasteiger partial charge in [-0.1, -0.05) is 29.3 Å². The van der Waals surface area contributed by atoms with Crippen LogP contribution in [0.3, 0.4) is 0 Å². The molecule has 0 amide bonds. The van der Waals surface area contributed by atoms with Gasteiger partial charge in [-0.15, -0.1) is 0 Å². The highest BCUT2D eigenvalue weighted by molar-refractivity contribution is 6.37. The van der Waals surface area contributed by atoms with E-state index in [0.717, 1.165) is 12.2 Å². The van der Waals surface area contributed by atoms with Crippen molar-refractivity contribution in [2.75, 3.05) is 25.6 Å². The molecule has 0 aromatic heterocycles. The molecule has 0 bridgehead atoms. The molecular formula is C19H21Cl2NO3. The Balaban J connectivity index is 1.92. The average molecular weight is 382 g/mol. The molecule has 4 nitrogen and oxygen atoms in total. The predicted molar refractivity (Wildman–Crippen MR) is 102 cm³/mol. The smallest absolute Gasteiger partial charge is 0.340 e. The Morgan fingerprint density at radius 2 is 1.76 bits per heavy atom. The lowest BCUT2D eigenvalue weighted by atomic mass is 10.1. The number of anilines is 1. The van der Waals surface area contributed by atoms with E-state index in [1.165, 1.54) is 24.3 Å². The second-order valence-electron chi connectivity index (χ2n) is 5.75. The summed E-state index contributed by atoms with van der Waals surface area (Å²) < 4.78 is 10.5. The van der Waals surface area contributed by atoms with Crippen LogP contribution in [-0.4, -0.2) is 26.2 Å². The van der Waals surface area contributed by atoms with Crippen molar-refractivity contribution in [2.24, 2.45) is 0 Å². The number of rotatable bonds is 7. The number of hydrogen-bond acceptors (Lipinski definition) is 4. The van der Waals surface area contributed by atoms with Crippen LogP contribution in [0.15, 0.2) is 30.3 Å². The number of carbonyl (C=O) groups excluding carboxylic acids is 1. The molecule has 2 aromatic carbocycles. The van der Waals surface area contributed by atoms with Crippen molar-refractivity contribution in [3.8, 4) is 5.75 Å². The van der Waals surface area contributed by atoms with Gasteiger partial charge in [-0.05, 0) is 55.7 Å². The number of halogens is 2. The molecule has 0 aliphatic carbocycles. The van der Waals surface area contributed by atoms with Gasteiger partial charge in [0.15, 0.2) is 0 Å². The zero-order valence-corrected chi connectivity index (χ0v) is 16.0. The first kappa shape index (κ1) is 19.4. The van der Waals surface area contributed by atoms with Crippen molar-refractivity contribution in [3.05, 3.63) is 57.1 Å². The molecule has 2 aromatic rings. The molecule has 25 heavy (non-hydrogen) atoms. The average Bonchev–Trinajstić information content (AvgIpc) is 2.54. The number of methoxy groups -OCH3 is 1. The molecule has 0 saturated carbocycles. The normalized spacial score (nSPS) is 10.4. The van der Waals surface area contributed by atoms with Crippen LogP contribution in [0.1, 0.15) is 27.9 Å². The lowest BCUT2D eigenvalue weighted by Crippen LogP contribution is -2.12. The minimum Gasteiger partial charge on any atom is -0.494 e.